The van der Waals surface area contributed by atoms with Crippen LogP contribution in [0.3, 0.4) is 0 Å². The molecule has 0 fully saturated rings. The average molecular weight is 442 g/mol. The van der Waals surface area contributed by atoms with Gasteiger partial charge < -0.3 is 9.84 Å². The van der Waals surface area contributed by atoms with Crippen molar-refractivity contribution >= 4 is 16.9 Å². The molecule has 1 N–H and O–H groups in total. The molecule has 5 nitrogen and oxygen atoms in total. The van der Waals surface area contributed by atoms with Crippen molar-refractivity contribution in [3.8, 4) is 17.6 Å². The van der Waals surface area contributed by atoms with Crippen molar-refractivity contribution < 1.29 is 19.0 Å². The van der Waals surface area contributed by atoms with Crippen LogP contribution in [-0.2, 0) is 17.9 Å². The number of halogens is 1. The summed E-state index contributed by atoms with van der Waals surface area (Å²) in [5, 5.41) is 14.7. The van der Waals surface area contributed by atoms with Crippen LogP contribution >= 0.6 is 0 Å². The van der Waals surface area contributed by atoms with E-state index in [0.29, 0.717) is 18.9 Å². The number of carbonyl (C=O) groups is 1. The number of ether oxygens (including phenoxy) is 1. The molecule has 0 saturated heterocycles. The average Bonchev–Trinajstić information content (AvgIpc) is 3.20. The first kappa shape index (κ1) is 22.1. The molecule has 33 heavy (non-hydrogen) atoms. The Morgan fingerprint density at radius 3 is 2.52 bits per heavy atom. The summed E-state index contributed by atoms with van der Waals surface area (Å²) < 4.78 is 20.9. The fraction of sp³-hybridized carbons (Fsp3) is 0.185. The number of nitrogens with zero attached hydrogens (tertiary/aromatic N) is 2. The molecule has 0 bridgehead atoms. The van der Waals surface area contributed by atoms with Gasteiger partial charge in [-0.05, 0) is 53.9 Å². The van der Waals surface area contributed by atoms with Gasteiger partial charge in [-0.1, -0.05) is 42.3 Å². The molecule has 3 aromatic carbocycles. The van der Waals surface area contributed by atoms with Crippen molar-refractivity contribution in [3.63, 3.8) is 0 Å². The SMILES string of the molecule is CC#C[C@@H](CC(=O)O)c1ccc(OCc2ccc3cn(Cc4ccc(F)cc4)nc3c2)cc1. The van der Waals surface area contributed by atoms with Crippen molar-refractivity contribution in [1.29, 1.82) is 0 Å². The molecular weight excluding hydrogens is 419 g/mol. The summed E-state index contributed by atoms with van der Waals surface area (Å²) in [6.45, 7) is 2.65. The predicted molar refractivity (Wildman–Crippen MR) is 124 cm³/mol. The topological polar surface area (TPSA) is 64.3 Å². The number of aromatic nitrogens is 2. The molecule has 1 atom stereocenters. The summed E-state index contributed by atoms with van der Waals surface area (Å²) >= 11 is 0. The number of benzene rings is 3. The minimum Gasteiger partial charge on any atom is -0.489 e. The molecule has 0 aliphatic carbocycles. The van der Waals surface area contributed by atoms with Crippen LogP contribution in [0.25, 0.3) is 10.9 Å². The third-order valence-electron chi connectivity index (χ3n) is 5.26. The van der Waals surface area contributed by atoms with Crippen LogP contribution in [0.4, 0.5) is 4.39 Å². The fourth-order valence-corrected chi connectivity index (χ4v) is 3.62. The molecular formula is C27H23FN2O3. The quantitative estimate of drug-likeness (QED) is 0.372. The van der Waals surface area contributed by atoms with Gasteiger partial charge in [0.25, 0.3) is 0 Å². The van der Waals surface area contributed by atoms with Gasteiger partial charge in [-0.2, -0.15) is 5.10 Å². The summed E-state index contributed by atoms with van der Waals surface area (Å²) in [5.74, 6) is 4.97. The number of hydrogen-bond donors (Lipinski definition) is 1. The van der Waals surface area contributed by atoms with Crippen molar-refractivity contribution in [2.75, 3.05) is 0 Å². The highest BCUT2D eigenvalue weighted by atomic mass is 19.1. The molecule has 4 rings (SSSR count). The van der Waals surface area contributed by atoms with Gasteiger partial charge in [-0.3, -0.25) is 9.48 Å². The van der Waals surface area contributed by atoms with Crippen molar-refractivity contribution in [1.82, 2.24) is 9.78 Å². The van der Waals surface area contributed by atoms with Gasteiger partial charge in [0, 0.05) is 11.6 Å². The molecule has 0 spiro atoms. The zero-order valence-electron chi connectivity index (χ0n) is 18.2. The zero-order valence-corrected chi connectivity index (χ0v) is 18.2. The van der Waals surface area contributed by atoms with Crippen LogP contribution in [0.2, 0.25) is 0 Å². The number of hydrogen-bond acceptors (Lipinski definition) is 3. The largest absolute Gasteiger partial charge is 0.489 e. The fourth-order valence-electron chi connectivity index (χ4n) is 3.62. The molecule has 0 radical (unpaired) electrons. The standard InChI is InChI=1S/C27H23FN2O3/c1-2-3-22(15-27(31)32)21-8-12-25(13-9-21)33-18-20-4-7-23-17-30(29-26(23)14-20)16-19-5-10-24(28)11-6-19/h4-14,17,22H,15-16,18H2,1H3,(H,31,32)/t22-/m0/s1. The van der Waals surface area contributed by atoms with Gasteiger partial charge in [0.15, 0.2) is 0 Å². The van der Waals surface area contributed by atoms with E-state index in [0.717, 1.165) is 27.6 Å². The van der Waals surface area contributed by atoms with Gasteiger partial charge in [-0.15, -0.1) is 5.92 Å². The van der Waals surface area contributed by atoms with Crippen LogP contribution in [0.5, 0.6) is 5.75 Å². The lowest BCUT2D eigenvalue weighted by Crippen LogP contribution is -2.04. The summed E-state index contributed by atoms with van der Waals surface area (Å²) in [7, 11) is 0. The molecule has 0 aliphatic heterocycles. The molecule has 166 valence electrons. The number of aliphatic carboxylic acids is 1. The van der Waals surface area contributed by atoms with Gasteiger partial charge >= 0.3 is 5.97 Å². The number of rotatable bonds is 8. The van der Waals surface area contributed by atoms with Crippen LogP contribution < -0.4 is 4.74 Å². The Morgan fingerprint density at radius 1 is 1.09 bits per heavy atom. The van der Waals surface area contributed by atoms with Gasteiger partial charge in [0.05, 0.1) is 24.4 Å². The van der Waals surface area contributed by atoms with E-state index in [1.54, 1.807) is 19.1 Å². The zero-order chi connectivity index (χ0) is 23.2. The van der Waals surface area contributed by atoms with E-state index < -0.39 is 5.97 Å². The summed E-state index contributed by atoms with van der Waals surface area (Å²) in [6, 6.07) is 19.8. The Balaban J connectivity index is 1.41. The summed E-state index contributed by atoms with van der Waals surface area (Å²) in [5.41, 5.74) is 3.68. The van der Waals surface area contributed by atoms with E-state index in [9.17, 15) is 9.18 Å². The van der Waals surface area contributed by atoms with Crippen molar-refractivity contribution in [2.45, 2.75) is 32.4 Å². The molecule has 1 heterocycles. The first-order valence-electron chi connectivity index (χ1n) is 10.6. The molecule has 0 aliphatic rings. The highest BCUT2D eigenvalue weighted by molar-refractivity contribution is 5.78. The normalized spacial score (nSPS) is 11.6. The number of fused-ring (bicyclic) bond motifs is 1. The molecule has 1 aromatic heterocycles. The third kappa shape index (κ3) is 5.78. The monoisotopic (exact) mass is 442 g/mol. The van der Waals surface area contributed by atoms with Crippen LogP contribution in [0.15, 0.2) is 72.9 Å². The minimum absolute atomic E-state index is 0.0329. The van der Waals surface area contributed by atoms with Crippen LogP contribution in [0, 0.1) is 17.7 Å². The maximum absolute atomic E-state index is 13.1. The van der Waals surface area contributed by atoms with Crippen molar-refractivity contribution in [2.24, 2.45) is 0 Å². The van der Waals surface area contributed by atoms with E-state index in [4.69, 9.17) is 9.84 Å². The van der Waals surface area contributed by atoms with E-state index in [1.165, 1.54) is 12.1 Å². The first-order chi connectivity index (χ1) is 16.0. The van der Waals surface area contributed by atoms with E-state index in [1.807, 2.05) is 53.3 Å². The smallest absolute Gasteiger partial charge is 0.304 e. The Kier molecular flexibility index (Phi) is 6.70. The highest BCUT2D eigenvalue weighted by Gasteiger charge is 2.13. The maximum atomic E-state index is 13.1. The second-order valence-electron chi connectivity index (χ2n) is 7.75. The predicted octanol–water partition coefficient (Wildman–Crippen LogP) is 5.38. The molecule has 6 heteroatoms. The van der Waals surface area contributed by atoms with Crippen LogP contribution in [0.1, 0.15) is 36.0 Å². The van der Waals surface area contributed by atoms with Crippen molar-refractivity contribution in [3.05, 3.63) is 95.4 Å². The first-order valence-corrected chi connectivity index (χ1v) is 10.6. The Hall–Kier alpha value is -4.11. The lowest BCUT2D eigenvalue weighted by atomic mass is 9.96. The summed E-state index contributed by atoms with van der Waals surface area (Å²) in [4.78, 5) is 11.1. The van der Waals surface area contributed by atoms with E-state index in [-0.39, 0.29) is 18.2 Å². The van der Waals surface area contributed by atoms with E-state index >= 15 is 0 Å². The lowest BCUT2D eigenvalue weighted by molar-refractivity contribution is -0.137. The van der Waals surface area contributed by atoms with Gasteiger partial charge in [0.1, 0.15) is 18.2 Å². The third-order valence-corrected chi connectivity index (χ3v) is 5.26. The molecule has 4 aromatic rings. The van der Waals surface area contributed by atoms with E-state index in [2.05, 4.69) is 16.9 Å². The second-order valence-corrected chi connectivity index (χ2v) is 7.75. The highest BCUT2D eigenvalue weighted by Crippen LogP contribution is 2.23. The summed E-state index contributed by atoms with van der Waals surface area (Å²) in [6.07, 6.45) is 1.93. The Labute approximate surface area is 191 Å². The maximum Gasteiger partial charge on any atom is 0.304 e. The Bertz CT molecular complexity index is 1320. The molecule has 0 saturated carbocycles. The van der Waals surface area contributed by atoms with Crippen LogP contribution in [-0.4, -0.2) is 20.9 Å². The Morgan fingerprint density at radius 2 is 1.82 bits per heavy atom. The second kappa shape index (κ2) is 10.0. The van der Waals surface area contributed by atoms with Gasteiger partial charge in [0.2, 0.25) is 0 Å². The number of carboxylic acid groups (broad SMARTS) is 1. The minimum atomic E-state index is -0.876. The van der Waals surface area contributed by atoms with Gasteiger partial charge in [-0.25, -0.2) is 4.39 Å². The number of carboxylic acids is 1. The lowest BCUT2D eigenvalue weighted by Gasteiger charge is -2.11. The molecule has 0 amide bonds. The molecule has 0 unspecified atom stereocenters.